The Morgan fingerprint density at radius 3 is 2.57 bits per heavy atom. The van der Waals surface area contributed by atoms with Crippen LogP contribution in [0.3, 0.4) is 0 Å². The second kappa shape index (κ2) is 8.09. The van der Waals surface area contributed by atoms with Gasteiger partial charge in [-0.05, 0) is 38.5 Å². The van der Waals surface area contributed by atoms with Crippen LogP contribution in [0.5, 0.6) is 0 Å². The van der Waals surface area contributed by atoms with Crippen molar-refractivity contribution in [2.75, 3.05) is 19.6 Å². The highest BCUT2D eigenvalue weighted by Gasteiger charge is 2.21. The second-order valence-corrected chi connectivity index (χ2v) is 7.12. The van der Waals surface area contributed by atoms with Crippen LogP contribution >= 0.6 is 0 Å². The molecule has 1 N–H and O–H groups in total. The first-order valence-electron chi connectivity index (χ1n) is 7.56. The number of nitriles is 1. The summed E-state index contributed by atoms with van der Waals surface area (Å²) >= 11 is 0. The Balaban J connectivity index is 3.21. The minimum absolute atomic E-state index is 0.0673. The molecule has 23 heavy (non-hydrogen) atoms. The van der Waals surface area contributed by atoms with Crippen molar-refractivity contribution in [3.05, 3.63) is 29.3 Å². The first kappa shape index (κ1) is 19.1. The topological polar surface area (TPSA) is 90.3 Å². The summed E-state index contributed by atoms with van der Waals surface area (Å²) in [6, 6.07) is 6.61. The predicted molar refractivity (Wildman–Crippen MR) is 88.4 cm³/mol. The van der Waals surface area contributed by atoms with Crippen LogP contribution in [0.1, 0.15) is 36.7 Å². The standard InChI is InChI=1S/C16H23N3O3S/c1-5-18-23(21,22)14-8-7-13(4)15(9-14)16(20)19(6-2)11-12(3)10-17/h7-9,12,18H,5-6,11H2,1-4H3/t12-/m0/s1. The van der Waals surface area contributed by atoms with Crippen molar-refractivity contribution in [2.24, 2.45) is 5.92 Å². The molecule has 0 bridgehead atoms. The average Bonchev–Trinajstić information content (AvgIpc) is 2.51. The molecule has 1 aromatic rings. The van der Waals surface area contributed by atoms with E-state index in [-0.39, 0.29) is 23.3 Å². The number of rotatable bonds is 7. The maximum Gasteiger partial charge on any atom is 0.254 e. The van der Waals surface area contributed by atoms with Crippen LogP contribution in [0.2, 0.25) is 0 Å². The van der Waals surface area contributed by atoms with Crippen LogP contribution in [0.25, 0.3) is 0 Å². The minimum atomic E-state index is -3.62. The van der Waals surface area contributed by atoms with Gasteiger partial charge in [-0.1, -0.05) is 13.0 Å². The fourth-order valence-electron chi connectivity index (χ4n) is 2.17. The third-order valence-electron chi connectivity index (χ3n) is 3.47. The predicted octanol–water partition coefficient (Wildman–Crippen LogP) is 1.91. The van der Waals surface area contributed by atoms with Gasteiger partial charge in [0.15, 0.2) is 0 Å². The molecule has 0 aliphatic heterocycles. The molecule has 0 aromatic heterocycles. The third-order valence-corrected chi connectivity index (χ3v) is 5.01. The monoisotopic (exact) mass is 337 g/mol. The normalized spacial score (nSPS) is 12.5. The quantitative estimate of drug-likeness (QED) is 0.823. The van der Waals surface area contributed by atoms with E-state index < -0.39 is 10.0 Å². The lowest BCUT2D eigenvalue weighted by atomic mass is 10.1. The van der Waals surface area contributed by atoms with Crippen LogP contribution in [0.15, 0.2) is 23.1 Å². The van der Waals surface area contributed by atoms with Crippen molar-refractivity contribution in [2.45, 2.75) is 32.6 Å². The van der Waals surface area contributed by atoms with E-state index in [1.807, 2.05) is 6.92 Å². The first-order chi connectivity index (χ1) is 10.8. The molecule has 0 aliphatic rings. The zero-order valence-electron chi connectivity index (χ0n) is 14.0. The maximum atomic E-state index is 12.7. The Hall–Kier alpha value is -1.91. The number of sulfonamides is 1. The molecule has 0 saturated heterocycles. The summed E-state index contributed by atoms with van der Waals surface area (Å²) in [5.74, 6) is -0.548. The van der Waals surface area contributed by atoms with Crippen LogP contribution in [-0.4, -0.2) is 38.9 Å². The van der Waals surface area contributed by atoms with Gasteiger partial charge < -0.3 is 4.90 Å². The number of benzene rings is 1. The van der Waals surface area contributed by atoms with E-state index in [9.17, 15) is 13.2 Å². The Morgan fingerprint density at radius 1 is 1.39 bits per heavy atom. The number of nitrogens with zero attached hydrogens (tertiary/aromatic N) is 2. The fraction of sp³-hybridized carbons (Fsp3) is 0.500. The van der Waals surface area contributed by atoms with Crippen molar-refractivity contribution in [1.82, 2.24) is 9.62 Å². The van der Waals surface area contributed by atoms with Crippen molar-refractivity contribution < 1.29 is 13.2 Å². The van der Waals surface area contributed by atoms with Crippen LogP contribution in [0, 0.1) is 24.2 Å². The zero-order chi connectivity index (χ0) is 17.6. The number of amides is 1. The van der Waals surface area contributed by atoms with E-state index in [2.05, 4.69) is 10.8 Å². The largest absolute Gasteiger partial charge is 0.338 e. The van der Waals surface area contributed by atoms with Gasteiger partial charge in [-0.3, -0.25) is 4.79 Å². The van der Waals surface area contributed by atoms with E-state index in [0.717, 1.165) is 0 Å². The van der Waals surface area contributed by atoms with Gasteiger partial charge in [-0.15, -0.1) is 0 Å². The lowest BCUT2D eigenvalue weighted by molar-refractivity contribution is 0.0751. The number of aryl methyl sites for hydroxylation is 1. The van der Waals surface area contributed by atoms with E-state index in [4.69, 9.17) is 5.26 Å². The second-order valence-electron chi connectivity index (χ2n) is 5.35. The summed E-state index contributed by atoms with van der Waals surface area (Å²) in [4.78, 5) is 14.3. The van der Waals surface area contributed by atoms with E-state index >= 15 is 0 Å². The lowest BCUT2D eigenvalue weighted by Gasteiger charge is -2.23. The molecule has 1 amide bonds. The summed E-state index contributed by atoms with van der Waals surface area (Å²) in [7, 11) is -3.62. The number of hydrogen-bond acceptors (Lipinski definition) is 4. The number of carbonyl (C=O) groups is 1. The van der Waals surface area contributed by atoms with Crippen molar-refractivity contribution >= 4 is 15.9 Å². The van der Waals surface area contributed by atoms with Gasteiger partial charge in [0.25, 0.3) is 5.91 Å². The van der Waals surface area contributed by atoms with Crippen LogP contribution in [-0.2, 0) is 10.0 Å². The molecule has 0 aliphatic carbocycles. The maximum absolute atomic E-state index is 12.7. The highest BCUT2D eigenvalue weighted by atomic mass is 32.2. The zero-order valence-corrected chi connectivity index (χ0v) is 14.8. The summed E-state index contributed by atoms with van der Waals surface area (Å²) < 4.78 is 26.6. The van der Waals surface area contributed by atoms with Crippen molar-refractivity contribution in [3.8, 4) is 6.07 Å². The molecule has 0 unspecified atom stereocenters. The third kappa shape index (κ3) is 4.78. The van der Waals surface area contributed by atoms with E-state index in [1.165, 1.54) is 12.1 Å². The van der Waals surface area contributed by atoms with Crippen molar-refractivity contribution in [1.29, 1.82) is 5.26 Å². The Bertz CT molecular complexity index is 708. The lowest BCUT2D eigenvalue weighted by Crippen LogP contribution is -2.35. The van der Waals surface area contributed by atoms with Gasteiger partial charge in [0.1, 0.15) is 0 Å². The molecule has 1 atom stereocenters. The fourth-order valence-corrected chi connectivity index (χ4v) is 3.24. The van der Waals surface area contributed by atoms with E-state index in [1.54, 1.807) is 31.7 Å². The molecular weight excluding hydrogens is 314 g/mol. The van der Waals surface area contributed by atoms with Gasteiger partial charge in [0, 0.05) is 25.2 Å². The highest BCUT2D eigenvalue weighted by Crippen LogP contribution is 2.18. The molecular formula is C16H23N3O3S. The Labute approximate surface area is 138 Å². The first-order valence-corrected chi connectivity index (χ1v) is 9.04. The summed E-state index contributed by atoms with van der Waals surface area (Å²) in [6.07, 6.45) is 0. The van der Waals surface area contributed by atoms with Gasteiger partial charge in [0.2, 0.25) is 10.0 Å². The molecule has 126 valence electrons. The number of hydrogen-bond donors (Lipinski definition) is 1. The summed E-state index contributed by atoms with van der Waals surface area (Å²) in [5.41, 5.74) is 1.05. The van der Waals surface area contributed by atoms with Crippen LogP contribution < -0.4 is 4.72 Å². The summed E-state index contributed by atoms with van der Waals surface area (Å²) in [6.45, 7) is 8.08. The molecule has 0 saturated carbocycles. The number of nitrogens with one attached hydrogen (secondary N) is 1. The molecule has 0 spiro atoms. The molecule has 0 heterocycles. The molecule has 0 radical (unpaired) electrons. The van der Waals surface area contributed by atoms with Crippen molar-refractivity contribution in [3.63, 3.8) is 0 Å². The number of carbonyl (C=O) groups excluding carboxylic acids is 1. The molecule has 0 fully saturated rings. The van der Waals surface area contributed by atoms with Gasteiger partial charge in [0.05, 0.1) is 16.9 Å². The SMILES string of the molecule is CCNS(=O)(=O)c1ccc(C)c(C(=O)N(CC)C[C@@H](C)C#N)c1. The Kier molecular flexibility index (Phi) is 6.73. The molecule has 6 nitrogen and oxygen atoms in total. The average molecular weight is 337 g/mol. The Morgan fingerprint density at radius 2 is 2.04 bits per heavy atom. The van der Waals surface area contributed by atoms with Gasteiger partial charge in [-0.2, -0.15) is 5.26 Å². The smallest absolute Gasteiger partial charge is 0.254 e. The molecule has 1 rings (SSSR count). The molecule has 1 aromatic carbocycles. The molecule has 7 heteroatoms. The van der Waals surface area contributed by atoms with Gasteiger partial charge >= 0.3 is 0 Å². The van der Waals surface area contributed by atoms with Gasteiger partial charge in [-0.25, -0.2) is 13.1 Å². The van der Waals surface area contributed by atoms with Crippen LogP contribution in [0.4, 0.5) is 0 Å². The van der Waals surface area contributed by atoms with E-state index in [0.29, 0.717) is 24.2 Å². The summed E-state index contributed by atoms with van der Waals surface area (Å²) in [5, 5.41) is 8.92. The minimum Gasteiger partial charge on any atom is -0.338 e. The highest BCUT2D eigenvalue weighted by molar-refractivity contribution is 7.89.